The van der Waals surface area contributed by atoms with Gasteiger partial charge in [-0.2, -0.15) is 14.8 Å². The quantitative estimate of drug-likeness (QED) is 0.0632. The third kappa shape index (κ3) is 22.6. The number of nitrogens with zero attached hydrogens (tertiary/aromatic N) is 3. The summed E-state index contributed by atoms with van der Waals surface area (Å²) in [6.45, 7) is 11.6. The molecule has 0 aromatic heterocycles. The molecule has 0 saturated heterocycles. The van der Waals surface area contributed by atoms with E-state index < -0.39 is 57.7 Å². The third-order valence-electron chi connectivity index (χ3n) is 9.21. The molecule has 3 aromatic carbocycles. The van der Waals surface area contributed by atoms with Crippen molar-refractivity contribution in [3.63, 3.8) is 0 Å². The van der Waals surface area contributed by atoms with Crippen LogP contribution in [0.4, 0.5) is 9.59 Å². The zero-order chi connectivity index (χ0) is 46.9. The largest absolute Gasteiger partial charge is 0.497 e. The number of nitrogens with one attached hydrogen (secondary N) is 3. The standard InChI is InChI=1S/C27H37N3O6S.C20H31N3O3/c1-27(2,3)36-26(32)29-24(19-21-11-7-5-8-12-21)25(31)20-30(18-10-6-9-17-28)37(33,34)23-15-13-22(35-4)14-16-23;1-20(2,3)26-19(25)23-17(14-16-10-6-4-7-11-16)18(24)15-22-13-9-5-8-12-21/h5,7-8,11-16,24-25,31H,6,9-10,18-20H2,1-4H3,(H,29,32);4,6-7,10-11,17-18,22,24H,5,8-9,13-15H2,1-3H3,(H,23,25)/t24-,25+;17-,18+/m00/s1. The lowest BCUT2D eigenvalue weighted by molar-refractivity contribution is 0.0399. The van der Waals surface area contributed by atoms with Gasteiger partial charge in [0.1, 0.15) is 17.0 Å². The van der Waals surface area contributed by atoms with E-state index >= 15 is 0 Å². The fourth-order valence-electron chi connectivity index (χ4n) is 6.10. The van der Waals surface area contributed by atoms with Gasteiger partial charge in [0, 0.05) is 32.5 Å². The number of hydrogen-bond donors (Lipinski definition) is 5. The van der Waals surface area contributed by atoms with Crippen molar-refractivity contribution in [3.8, 4) is 17.9 Å². The molecule has 4 atom stereocenters. The normalized spacial score (nSPS) is 13.5. The van der Waals surface area contributed by atoms with E-state index in [0.29, 0.717) is 44.4 Å². The van der Waals surface area contributed by atoms with Crippen molar-refractivity contribution < 1.29 is 42.4 Å². The molecule has 0 aliphatic carbocycles. The molecule has 15 nitrogen and oxygen atoms in total. The number of aliphatic hydroxyl groups is 2. The number of amides is 2. The second kappa shape index (κ2) is 27.7. The molecular formula is C47H68N6O9S. The van der Waals surface area contributed by atoms with Gasteiger partial charge in [0.25, 0.3) is 0 Å². The summed E-state index contributed by atoms with van der Waals surface area (Å²) in [7, 11) is -2.49. The van der Waals surface area contributed by atoms with E-state index in [0.717, 1.165) is 30.5 Å². The van der Waals surface area contributed by atoms with Gasteiger partial charge in [-0.1, -0.05) is 60.7 Å². The van der Waals surface area contributed by atoms with Crippen molar-refractivity contribution in [1.82, 2.24) is 20.3 Å². The van der Waals surface area contributed by atoms with Crippen LogP contribution in [0, 0.1) is 22.7 Å². The molecule has 3 rings (SSSR count). The van der Waals surface area contributed by atoms with Crippen molar-refractivity contribution in [1.29, 1.82) is 10.5 Å². The Morgan fingerprint density at radius 2 is 1.16 bits per heavy atom. The predicted octanol–water partition coefficient (Wildman–Crippen LogP) is 6.64. The molecule has 0 spiro atoms. The maximum atomic E-state index is 13.5. The summed E-state index contributed by atoms with van der Waals surface area (Å²) in [6, 6.07) is 27.9. The number of rotatable bonds is 23. The SMILES string of the molecule is CC(C)(C)OC(=O)N[C@@H](Cc1ccccc1)[C@H](O)CNCCCCC#N.COc1ccc(S(=O)(=O)N(CCCCC#N)C[C@@H](O)[C@H](Cc2ccccc2)NC(=O)OC(C)(C)C)cc1. The van der Waals surface area contributed by atoms with Crippen molar-refractivity contribution >= 4 is 22.2 Å². The highest BCUT2D eigenvalue weighted by Gasteiger charge is 2.32. The van der Waals surface area contributed by atoms with E-state index in [4.69, 9.17) is 24.7 Å². The maximum absolute atomic E-state index is 13.5. The molecule has 0 aliphatic rings. The van der Waals surface area contributed by atoms with Crippen LogP contribution in [0.1, 0.15) is 91.2 Å². The topological polar surface area (TPSA) is 223 Å². The number of sulfonamides is 1. The average Bonchev–Trinajstić information content (AvgIpc) is 3.22. The van der Waals surface area contributed by atoms with E-state index in [1.165, 1.54) is 23.5 Å². The van der Waals surface area contributed by atoms with Crippen LogP contribution in [0.5, 0.6) is 5.75 Å². The number of unbranched alkanes of at least 4 members (excludes halogenated alkanes) is 4. The van der Waals surface area contributed by atoms with E-state index in [1.54, 1.807) is 53.7 Å². The van der Waals surface area contributed by atoms with Crippen LogP contribution in [0.15, 0.2) is 89.8 Å². The molecule has 5 N–H and O–H groups in total. The summed E-state index contributed by atoms with van der Waals surface area (Å²) in [6.07, 6.45) is 1.07. The van der Waals surface area contributed by atoms with E-state index in [2.05, 4.69) is 28.1 Å². The average molecular weight is 893 g/mol. The van der Waals surface area contributed by atoms with Gasteiger partial charge in [0.05, 0.1) is 48.4 Å². The van der Waals surface area contributed by atoms with Crippen LogP contribution in [-0.4, -0.2) is 104 Å². The Morgan fingerprint density at radius 3 is 1.60 bits per heavy atom. The first kappa shape index (κ1) is 53.9. The lowest BCUT2D eigenvalue weighted by atomic mass is 10.0. The molecule has 0 heterocycles. The number of hydrogen-bond acceptors (Lipinski definition) is 12. The second-order valence-electron chi connectivity index (χ2n) is 17.0. The van der Waals surface area contributed by atoms with Gasteiger partial charge in [0.15, 0.2) is 0 Å². The maximum Gasteiger partial charge on any atom is 0.407 e. The minimum Gasteiger partial charge on any atom is -0.497 e. The Kier molecular flexibility index (Phi) is 23.7. The van der Waals surface area contributed by atoms with Crippen molar-refractivity contribution in [2.45, 2.75) is 133 Å². The van der Waals surface area contributed by atoms with Crippen LogP contribution in [-0.2, 0) is 32.3 Å². The smallest absolute Gasteiger partial charge is 0.407 e. The van der Waals surface area contributed by atoms with Crippen molar-refractivity contribution in [2.24, 2.45) is 0 Å². The fraction of sp³-hybridized carbons (Fsp3) is 0.532. The van der Waals surface area contributed by atoms with Gasteiger partial charge in [-0.05, 0) is 122 Å². The number of carbonyl (C=O) groups is 2. The first-order valence-corrected chi connectivity index (χ1v) is 22.7. The highest BCUT2D eigenvalue weighted by molar-refractivity contribution is 7.89. The van der Waals surface area contributed by atoms with Gasteiger partial charge in [-0.3, -0.25) is 0 Å². The summed E-state index contributed by atoms with van der Waals surface area (Å²) in [5.41, 5.74) is 0.560. The summed E-state index contributed by atoms with van der Waals surface area (Å²) in [5, 5.41) is 47.8. The molecule has 2 amide bonds. The molecule has 0 saturated carbocycles. The molecule has 16 heteroatoms. The highest BCUT2D eigenvalue weighted by atomic mass is 32.2. The number of benzene rings is 3. The second-order valence-corrected chi connectivity index (χ2v) is 18.9. The Hall–Kier alpha value is -5.23. The van der Waals surface area contributed by atoms with Gasteiger partial charge in [-0.15, -0.1) is 0 Å². The third-order valence-corrected chi connectivity index (χ3v) is 11.1. The molecule has 0 bridgehead atoms. The van der Waals surface area contributed by atoms with Gasteiger partial charge < -0.3 is 40.4 Å². The Labute approximate surface area is 374 Å². The zero-order valence-corrected chi connectivity index (χ0v) is 38.7. The first-order chi connectivity index (χ1) is 29.8. The lowest BCUT2D eigenvalue weighted by Gasteiger charge is -2.30. The highest BCUT2D eigenvalue weighted by Crippen LogP contribution is 2.22. The number of alkyl carbamates (subject to hydrolysis) is 2. The van der Waals surface area contributed by atoms with Crippen LogP contribution in [0.2, 0.25) is 0 Å². The molecule has 0 aliphatic heterocycles. The molecule has 346 valence electrons. The Morgan fingerprint density at radius 1 is 0.698 bits per heavy atom. The van der Waals surface area contributed by atoms with Gasteiger partial charge in [-0.25, -0.2) is 18.0 Å². The molecule has 63 heavy (non-hydrogen) atoms. The van der Waals surface area contributed by atoms with Gasteiger partial charge >= 0.3 is 12.2 Å². The number of carbonyl (C=O) groups excluding carboxylic acids is 2. The van der Waals surface area contributed by atoms with Crippen molar-refractivity contribution in [3.05, 3.63) is 96.1 Å². The number of ether oxygens (including phenoxy) is 3. The minimum absolute atomic E-state index is 0.0560. The van der Waals surface area contributed by atoms with E-state index in [1.807, 2.05) is 60.7 Å². The lowest BCUT2D eigenvalue weighted by Crippen LogP contribution is -2.51. The molecule has 0 unspecified atom stereocenters. The van der Waals surface area contributed by atoms with Crippen molar-refractivity contribution in [2.75, 3.05) is 33.3 Å². The monoisotopic (exact) mass is 892 g/mol. The molecule has 3 aromatic rings. The molecule has 0 fully saturated rings. The van der Waals surface area contributed by atoms with Crippen LogP contribution < -0.4 is 20.7 Å². The number of nitriles is 2. The number of aliphatic hydroxyl groups excluding tert-OH is 2. The number of methoxy groups -OCH3 is 1. The van der Waals surface area contributed by atoms with Gasteiger partial charge in [0.2, 0.25) is 10.0 Å². The fourth-order valence-corrected chi connectivity index (χ4v) is 7.60. The summed E-state index contributed by atoms with van der Waals surface area (Å²) < 4.78 is 44.1. The first-order valence-electron chi connectivity index (χ1n) is 21.3. The predicted molar refractivity (Wildman–Crippen MR) is 242 cm³/mol. The Bertz CT molecular complexity index is 1960. The van der Waals surface area contributed by atoms with E-state index in [9.17, 15) is 28.2 Å². The minimum atomic E-state index is -3.98. The summed E-state index contributed by atoms with van der Waals surface area (Å²) in [4.78, 5) is 24.7. The summed E-state index contributed by atoms with van der Waals surface area (Å²) in [5.74, 6) is 0.518. The zero-order valence-electron chi connectivity index (χ0n) is 37.9. The van der Waals surface area contributed by atoms with Crippen LogP contribution in [0.25, 0.3) is 0 Å². The van der Waals surface area contributed by atoms with Crippen LogP contribution >= 0.6 is 0 Å². The van der Waals surface area contributed by atoms with E-state index in [-0.39, 0.29) is 24.4 Å². The summed E-state index contributed by atoms with van der Waals surface area (Å²) >= 11 is 0. The Balaban J connectivity index is 0.000000462. The molecule has 0 radical (unpaired) electrons. The van der Waals surface area contributed by atoms with Crippen LogP contribution in [0.3, 0.4) is 0 Å². The molecular weight excluding hydrogens is 825 g/mol.